The average Bonchev–Trinajstić information content (AvgIpc) is 1.68. The van der Waals surface area contributed by atoms with E-state index in [4.69, 9.17) is 28.7 Å². The first-order chi connectivity index (χ1) is 51.7. The summed E-state index contributed by atoms with van der Waals surface area (Å²) in [6, 6.07) is -8.92. The molecule has 0 radical (unpaired) electrons. The van der Waals surface area contributed by atoms with E-state index in [1.807, 2.05) is 0 Å². The van der Waals surface area contributed by atoms with Crippen LogP contribution < -0.4 is 92.5 Å². The van der Waals surface area contributed by atoms with Crippen molar-refractivity contribution < 1.29 is 87.2 Å². The molecule has 109 heavy (non-hydrogen) atoms. The number of aliphatic hydroxyl groups excluding tert-OH is 2. The highest BCUT2D eigenvalue weighted by molar-refractivity contribution is 7.80. The van der Waals surface area contributed by atoms with Crippen LogP contribution in [0.25, 0.3) is 0 Å². The van der Waals surface area contributed by atoms with Crippen LogP contribution in [0.3, 0.4) is 0 Å². The zero-order chi connectivity index (χ0) is 81.6. The Labute approximate surface area is 645 Å². The highest BCUT2D eigenvalue weighted by Gasteiger charge is 2.46. The van der Waals surface area contributed by atoms with Crippen LogP contribution in [0.4, 0.5) is 0 Å². The number of hydrogen-bond donors (Lipinski definition) is 22. The number of carboxylic acid groups (broad SMARTS) is 1. The fraction of sp³-hybridized carbons (Fsp3) is 0.681. The molecule has 2 saturated heterocycles. The number of nitrogens with two attached hydrogens (primary N) is 5. The molecular formula is C69H116N20O18S2. The smallest absolute Gasteiger partial charge is 0.326 e. The Morgan fingerprint density at radius 2 is 1.01 bits per heavy atom. The summed E-state index contributed by atoms with van der Waals surface area (Å²) < 4.78 is 0. The van der Waals surface area contributed by atoms with E-state index in [1.165, 1.54) is 16.7 Å². The van der Waals surface area contributed by atoms with E-state index in [9.17, 15) is 87.2 Å². The Bertz CT molecular complexity index is 3250. The number of benzene rings is 1. The van der Waals surface area contributed by atoms with Gasteiger partial charge in [0.05, 0.1) is 31.8 Å². The molecule has 25 N–H and O–H groups in total. The first kappa shape index (κ1) is 94.2. The predicted molar refractivity (Wildman–Crippen MR) is 407 cm³/mol. The lowest BCUT2D eigenvalue weighted by molar-refractivity contribution is -0.149. The van der Waals surface area contributed by atoms with Crippen LogP contribution in [0.1, 0.15) is 137 Å². The molecule has 0 saturated carbocycles. The van der Waals surface area contributed by atoms with E-state index in [0.29, 0.717) is 63.5 Å². The summed E-state index contributed by atoms with van der Waals surface area (Å²) in [6.07, 6.45) is 2.09. The van der Waals surface area contributed by atoms with E-state index >= 15 is 0 Å². The van der Waals surface area contributed by atoms with Gasteiger partial charge in [-0.05, 0) is 115 Å². The molecule has 0 aliphatic carbocycles. The number of thiol groups is 2. The number of aliphatic carboxylic acids is 1. The number of guanidine groups is 1. The summed E-state index contributed by atoms with van der Waals surface area (Å²) >= 11 is 8.37. The molecular weight excluding hydrogens is 1460 g/mol. The number of aliphatic imine (C=N–C) groups is 1. The van der Waals surface area contributed by atoms with Gasteiger partial charge in [-0.3, -0.25) is 72.1 Å². The molecule has 0 bridgehead atoms. The average molecular weight is 1580 g/mol. The predicted octanol–water partition coefficient (Wildman–Crippen LogP) is -6.64. The summed E-state index contributed by atoms with van der Waals surface area (Å²) in [4.78, 5) is 211. The maximum Gasteiger partial charge on any atom is 0.326 e. The van der Waals surface area contributed by atoms with Gasteiger partial charge in [-0.15, -0.1) is 0 Å². The van der Waals surface area contributed by atoms with Crippen molar-refractivity contribution in [3.05, 3.63) is 35.9 Å². The van der Waals surface area contributed by atoms with Crippen molar-refractivity contribution in [2.75, 3.05) is 63.9 Å². The monoisotopic (exact) mass is 1580 g/mol. The van der Waals surface area contributed by atoms with E-state index < -0.39 is 205 Å². The molecule has 1 aromatic carbocycles. The lowest BCUT2D eigenvalue weighted by atomic mass is 9.96. The minimum Gasteiger partial charge on any atom is -0.480 e. The number of amides is 14. The fourth-order valence-corrected chi connectivity index (χ4v) is 12.4. The standard InChI is InChI=1S/C69H116N20O18S2/c1-7-37(3)53(64(102)84-48(36-109)62(100)82-45(68(106)107)31-41-19-10-9-11-20-41)85-63(101)49-24-17-29-88(49)66(104)50-25-18-30-89(50)67(105)54(38(4)8-2)86-61(99)46(34-90)83-60(98)44(22-13-15-27-71)81-65(103)55(40(6)91)87-56(94)39(5)78-59(97)43(23-16-28-75-69(73)74)79-51(92)33-77-58(96)47(35-108)80-52(93)32-76-57(95)42(72)21-12-14-26-70/h9-11,19-20,37-40,42-50,53-55,90-91,108-109H,7-8,12-18,21-36,70-72H2,1-6H3,(H,76,95)(H,77,96)(H,78,97)(H,79,92)(H,80,93)(H,81,103)(H,82,100)(H,83,98)(H,84,102)(H,85,101)(H,86,99)(H,87,94)(H,106,107)(H4,73,74,75)/t37-,38-,39-,40+,42-,43-,44-,45-,46-,47-,48-,49-,50-,53-,54-,55-/m0/s1. The maximum atomic E-state index is 14.8. The number of aliphatic hydroxyl groups is 2. The maximum absolute atomic E-state index is 14.8. The van der Waals surface area contributed by atoms with Crippen molar-refractivity contribution in [1.82, 2.24) is 73.6 Å². The van der Waals surface area contributed by atoms with Gasteiger partial charge in [-0.25, -0.2) is 4.79 Å². The number of carboxylic acids is 1. The molecule has 2 heterocycles. The van der Waals surface area contributed by atoms with Crippen LogP contribution in [0.15, 0.2) is 35.3 Å². The molecule has 2 aliphatic heterocycles. The molecule has 3 rings (SSSR count). The van der Waals surface area contributed by atoms with E-state index in [2.05, 4.69) is 94.1 Å². The van der Waals surface area contributed by atoms with Crippen LogP contribution in [-0.4, -0.2) is 268 Å². The van der Waals surface area contributed by atoms with Crippen molar-refractivity contribution in [3.8, 4) is 0 Å². The van der Waals surface area contributed by atoms with Gasteiger partial charge >= 0.3 is 5.97 Å². The second-order valence-corrected chi connectivity index (χ2v) is 27.9. The summed E-state index contributed by atoms with van der Waals surface area (Å²) in [5.74, 6) is -14.9. The SMILES string of the molecule is CC[C@H](C)[C@H](NC(=O)[C@@H]1CCCN1C(=O)[C@@H]1CCCN1C(=O)[C@@H](NC(=O)[C@H](CO)NC(=O)[C@H](CCCCN)NC(=O)[C@@H](NC(=O)[C@H](C)NC(=O)[C@H](CCCN=C(N)N)NC(=O)CNC(=O)[C@H](CS)NC(=O)CNC(=O)[C@@H](N)CCCCN)[C@@H](C)O)[C@@H](C)CC)C(=O)N[C@@H](CS)C(=O)N[C@@H](Cc1ccccc1)C(=O)O. The Balaban J connectivity index is 1.73. The van der Waals surface area contributed by atoms with Crippen LogP contribution in [-0.2, 0) is 78.3 Å². The molecule has 38 nitrogen and oxygen atoms in total. The van der Waals surface area contributed by atoms with Crippen LogP contribution in [0.5, 0.6) is 0 Å². The lowest BCUT2D eigenvalue weighted by Crippen LogP contribution is -2.62. The third kappa shape index (κ3) is 31.5. The third-order valence-corrected chi connectivity index (χ3v) is 19.5. The van der Waals surface area contributed by atoms with Crippen molar-refractivity contribution in [2.24, 2.45) is 45.5 Å². The number of unbranched alkanes of at least 4 members (excludes halogenated alkanes) is 2. The molecule has 2 fully saturated rings. The van der Waals surface area contributed by atoms with Gasteiger partial charge in [0.15, 0.2) is 5.96 Å². The number of carbonyl (C=O) groups is 15. The van der Waals surface area contributed by atoms with Crippen LogP contribution in [0.2, 0.25) is 0 Å². The minimum atomic E-state index is -1.81. The molecule has 40 heteroatoms. The van der Waals surface area contributed by atoms with Crippen molar-refractivity contribution in [1.29, 1.82) is 0 Å². The second kappa shape index (κ2) is 49.2. The van der Waals surface area contributed by atoms with Gasteiger partial charge < -0.3 is 118 Å². The van der Waals surface area contributed by atoms with E-state index in [0.717, 1.165) is 6.92 Å². The zero-order valence-corrected chi connectivity index (χ0v) is 64.7. The molecule has 0 aromatic heterocycles. The highest BCUT2D eigenvalue weighted by Crippen LogP contribution is 2.28. The Morgan fingerprint density at radius 1 is 0.532 bits per heavy atom. The van der Waals surface area contributed by atoms with E-state index in [-0.39, 0.29) is 88.6 Å². The Kier molecular flexibility index (Phi) is 42.6. The molecule has 16 atom stereocenters. The van der Waals surface area contributed by atoms with Crippen molar-refractivity contribution in [3.63, 3.8) is 0 Å². The first-order valence-corrected chi connectivity index (χ1v) is 38.2. The fourth-order valence-electron chi connectivity index (χ4n) is 11.9. The normalized spacial score (nSPS) is 17.8. The number of rotatable bonds is 49. The molecule has 0 unspecified atom stereocenters. The van der Waals surface area contributed by atoms with Gasteiger partial charge in [0.25, 0.3) is 0 Å². The van der Waals surface area contributed by atoms with Gasteiger partial charge in [-0.2, -0.15) is 25.3 Å². The summed E-state index contributed by atoms with van der Waals surface area (Å²) in [7, 11) is 0. The number of nitrogens with zero attached hydrogens (tertiary/aromatic N) is 3. The van der Waals surface area contributed by atoms with Gasteiger partial charge in [0.1, 0.15) is 72.5 Å². The second-order valence-electron chi connectivity index (χ2n) is 27.2. The molecule has 2 aliphatic rings. The van der Waals surface area contributed by atoms with Crippen molar-refractivity contribution >= 4 is 120 Å². The lowest BCUT2D eigenvalue weighted by Gasteiger charge is -2.35. The molecule has 0 spiro atoms. The topological polar surface area (TPSA) is 610 Å². The molecule has 1 aromatic rings. The number of hydrogen-bond acceptors (Lipinski definition) is 23. The summed E-state index contributed by atoms with van der Waals surface area (Å²) in [5, 5.41) is 61.2. The van der Waals surface area contributed by atoms with Crippen LogP contribution >= 0.6 is 25.3 Å². The van der Waals surface area contributed by atoms with Gasteiger partial charge in [0, 0.05) is 37.6 Å². The summed E-state index contributed by atoms with van der Waals surface area (Å²) in [5.41, 5.74) is 28.7. The van der Waals surface area contributed by atoms with Crippen molar-refractivity contribution in [2.45, 2.75) is 223 Å². The quantitative estimate of drug-likeness (QED) is 0.0125. The highest BCUT2D eigenvalue weighted by atomic mass is 32.1. The largest absolute Gasteiger partial charge is 0.480 e. The van der Waals surface area contributed by atoms with Crippen LogP contribution in [0, 0.1) is 11.8 Å². The minimum absolute atomic E-state index is 0.00125. The summed E-state index contributed by atoms with van der Waals surface area (Å²) in [6.45, 7) is 7.77. The zero-order valence-electron chi connectivity index (χ0n) is 62.9. The molecule has 612 valence electrons. The number of carbonyl (C=O) groups excluding carboxylic acids is 14. The van der Waals surface area contributed by atoms with Gasteiger partial charge in [0.2, 0.25) is 82.7 Å². The number of nitrogens with one attached hydrogen (secondary N) is 12. The third-order valence-electron chi connectivity index (χ3n) is 18.7. The van der Waals surface area contributed by atoms with E-state index in [1.54, 1.807) is 58.0 Å². The Morgan fingerprint density at radius 3 is 1.58 bits per heavy atom. The number of likely N-dealkylation sites (tertiary alicyclic amines) is 2. The Hall–Kier alpha value is -8.96. The van der Waals surface area contributed by atoms with Gasteiger partial charge in [-0.1, -0.05) is 77.3 Å². The first-order valence-electron chi connectivity index (χ1n) is 36.9. The molecule has 14 amide bonds.